The molecule has 0 aliphatic carbocycles. The fourth-order valence-corrected chi connectivity index (χ4v) is 3.43. The van der Waals surface area contributed by atoms with Crippen LogP contribution in [0.15, 0.2) is 18.2 Å². The molecule has 0 aliphatic heterocycles. The van der Waals surface area contributed by atoms with Crippen molar-refractivity contribution in [3.05, 3.63) is 23.8 Å². The van der Waals surface area contributed by atoms with Crippen LogP contribution in [0.5, 0.6) is 0 Å². The van der Waals surface area contributed by atoms with Crippen LogP contribution in [0.4, 0.5) is 11.4 Å². The maximum Gasteiger partial charge on any atom is 0.303 e. The van der Waals surface area contributed by atoms with Gasteiger partial charge in [0.25, 0.3) is 0 Å². The van der Waals surface area contributed by atoms with Crippen molar-refractivity contribution in [2.75, 3.05) is 17.2 Å². The third-order valence-corrected chi connectivity index (χ3v) is 5.66. The fourth-order valence-electron chi connectivity index (χ4n) is 3.43. The van der Waals surface area contributed by atoms with Crippen LogP contribution in [0.25, 0.3) is 0 Å². The van der Waals surface area contributed by atoms with Gasteiger partial charge in [0.15, 0.2) is 0 Å². The molecule has 0 fully saturated rings. The van der Waals surface area contributed by atoms with Gasteiger partial charge in [0, 0.05) is 13.0 Å². The Morgan fingerprint density at radius 1 is 1.22 bits per heavy atom. The van der Waals surface area contributed by atoms with Gasteiger partial charge in [-0.15, -0.1) is 0 Å². The van der Waals surface area contributed by atoms with E-state index in [1.54, 1.807) is 4.90 Å². The Morgan fingerprint density at radius 3 is 2.41 bits per heavy atom. The lowest BCUT2D eigenvalue weighted by Crippen LogP contribution is -2.39. The molecule has 152 valence electrons. The van der Waals surface area contributed by atoms with Crippen LogP contribution in [-0.4, -0.2) is 23.5 Å². The second-order valence-corrected chi connectivity index (χ2v) is 7.77. The van der Waals surface area contributed by atoms with Crippen LogP contribution in [0.3, 0.4) is 0 Å². The maximum atomic E-state index is 12.9. The monoisotopic (exact) mass is 376 g/mol. The number of carbonyl (C=O) groups excluding carboxylic acids is 1. The third kappa shape index (κ3) is 6.89. The van der Waals surface area contributed by atoms with Gasteiger partial charge in [-0.1, -0.05) is 46.6 Å². The summed E-state index contributed by atoms with van der Waals surface area (Å²) in [6.45, 7) is 10.7. The quantitative estimate of drug-likeness (QED) is 0.539. The summed E-state index contributed by atoms with van der Waals surface area (Å²) in [7, 11) is 0. The number of anilines is 2. The molecular formula is C22H36N2O3. The van der Waals surface area contributed by atoms with Crippen molar-refractivity contribution in [3.8, 4) is 0 Å². The smallest absolute Gasteiger partial charge is 0.303 e. The number of aryl methyl sites for hydroxylation is 1. The van der Waals surface area contributed by atoms with E-state index in [-0.39, 0.29) is 24.2 Å². The summed E-state index contributed by atoms with van der Waals surface area (Å²) in [6, 6.07) is 5.68. The first-order chi connectivity index (χ1) is 12.7. The first-order valence-electron chi connectivity index (χ1n) is 10.1. The minimum Gasteiger partial charge on any atom is -0.481 e. The Bertz CT molecular complexity index is 630. The highest BCUT2D eigenvalue weighted by atomic mass is 16.4. The van der Waals surface area contributed by atoms with E-state index in [1.165, 1.54) is 0 Å². The summed E-state index contributed by atoms with van der Waals surface area (Å²) in [5, 5.41) is 9.41. The highest BCUT2D eigenvalue weighted by Crippen LogP contribution is 2.31. The number of amides is 1. The topological polar surface area (TPSA) is 83.6 Å². The van der Waals surface area contributed by atoms with Crippen molar-refractivity contribution in [2.45, 2.75) is 66.7 Å². The van der Waals surface area contributed by atoms with Crippen LogP contribution in [0.1, 0.15) is 65.4 Å². The van der Waals surface area contributed by atoms with Gasteiger partial charge in [-0.3, -0.25) is 9.59 Å². The van der Waals surface area contributed by atoms with E-state index in [4.69, 9.17) is 5.73 Å². The Balaban J connectivity index is 3.21. The average molecular weight is 377 g/mol. The van der Waals surface area contributed by atoms with Gasteiger partial charge in [0.1, 0.15) is 0 Å². The Kier molecular flexibility index (Phi) is 9.33. The minimum atomic E-state index is -0.826. The molecule has 0 saturated carbocycles. The second kappa shape index (κ2) is 11.0. The summed E-state index contributed by atoms with van der Waals surface area (Å²) in [6.07, 6.45) is 3.22. The summed E-state index contributed by atoms with van der Waals surface area (Å²) < 4.78 is 0. The molecule has 0 saturated heterocycles. The van der Waals surface area contributed by atoms with Crippen molar-refractivity contribution in [3.63, 3.8) is 0 Å². The predicted octanol–water partition coefficient (Wildman–Crippen LogP) is 4.87. The average Bonchev–Trinajstić information content (AvgIpc) is 2.62. The first kappa shape index (κ1) is 23.0. The third-order valence-electron chi connectivity index (χ3n) is 5.66. The predicted molar refractivity (Wildman–Crippen MR) is 112 cm³/mol. The van der Waals surface area contributed by atoms with Crippen molar-refractivity contribution >= 4 is 23.3 Å². The van der Waals surface area contributed by atoms with E-state index in [0.29, 0.717) is 30.3 Å². The number of hydrogen-bond acceptors (Lipinski definition) is 3. The summed E-state index contributed by atoms with van der Waals surface area (Å²) in [5.41, 5.74) is 8.50. The molecule has 0 aliphatic rings. The molecule has 1 rings (SSSR count). The van der Waals surface area contributed by atoms with Crippen LogP contribution < -0.4 is 10.6 Å². The lowest BCUT2D eigenvalue weighted by molar-refractivity contribution is -0.138. The van der Waals surface area contributed by atoms with E-state index in [0.717, 1.165) is 24.8 Å². The zero-order valence-electron chi connectivity index (χ0n) is 17.5. The van der Waals surface area contributed by atoms with E-state index in [9.17, 15) is 14.7 Å². The Morgan fingerprint density at radius 2 is 1.89 bits per heavy atom. The SMILES string of the molecule is CCCCC(=O)N(CC(CC(=O)O)C(C)C(C)CC)c1ccc(C)cc1N. The van der Waals surface area contributed by atoms with Crippen LogP contribution in [0.2, 0.25) is 0 Å². The molecule has 0 radical (unpaired) electrons. The molecule has 0 bridgehead atoms. The standard InChI is InChI=1S/C22H36N2O3/c1-6-8-9-21(25)24(20-11-10-15(3)12-19(20)23)14-18(13-22(26)27)17(5)16(4)7-2/h10-12,16-18H,6-9,13-14,23H2,1-5H3,(H,26,27). The zero-order chi connectivity index (χ0) is 20.6. The molecule has 5 heteroatoms. The molecule has 0 spiro atoms. The van der Waals surface area contributed by atoms with Gasteiger partial charge in [0.05, 0.1) is 17.8 Å². The largest absolute Gasteiger partial charge is 0.481 e. The minimum absolute atomic E-state index is 0.0131. The van der Waals surface area contributed by atoms with Crippen molar-refractivity contribution in [1.82, 2.24) is 0 Å². The van der Waals surface area contributed by atoms with Crippen molar-refractivity contribution < 1.29 is 14.7 Å². The van der Waals surface area contributed by atoms with E-state index >= 15 is 0 Å². The number of carboxylic acids is 1. The number of nitrogens with zero attached hydrogens (tertiary/aromatic N) is 1. The van der Waals surface area contributed by atoms with Crippen molar-refractivity contribution in [1.29, 1.82) is 0 Å². The van der Waals surface area contributed by atoms with E-state index in [2.05, 4.69) is 27.7 Å². The molecule has 27 heavy (non-hydrogen) atoms. The molecular weight excluding hydrogens is 340 g/mol. The number of nitrogens with two attached hydrogens (primary N) is 1. The van der Waals surface area contributed by atoms with Crippen LogP contribution in [0, 0.1) is 24.7 Å². The lowest BCUT2D eigenvalue weighted by atomic mass is 9.80. The zero-order valence-corrected chi connectivity index (χ0v) is 17.5. The molecule has 5 nitrogen and oxygen atoms in total. The number of benzene rings is 1. The lowest BCUT2D eigenvalue weighted by Gasteiger charge is -2.33. The highest BCUT2D eigenvalue weighted by molar-refractivity contribution is 5.96. The summed E-state index contributed by atoms with van der Waals surface area (Å²) in [4.78, 5) is 26.1. The fraction of sp³-hybridized carbons (Fsp3) is 0.636. The molecule has 0 aromatic heterocycles. The number of rotatable bonds is 11. The number of unbranched alkanes of at least 4 members (excludes halogenated alkanes) is 1. The molecule has 0 heterocycles. The molecule has 1 aromatic rings. The molecule has 3 N–H and O–H groups in total. The molecule has 3 unspecified atom stereocenters. The summed E-state index contributed by atoms with van der Waals surface area (Å²) >= 11 is 0. The second-order valence-electron chi connectivity index (χ2n) is 7.77. The van der Waals surface area contributed by atoms with Crippen LogP contribution >= 0.6 is 0 Å². The van der Waals surface area contributed by atoms with Gasteiger partial charge in [0.2, 0.25) is 5.91 Å². The van der Waals surface area contributed by atoms with Gasteiger partial charge < -0.3 is 15.7 Å². The normalized spacial score (nSPS) is 14.4. The van der Waals surface area contributed by atoms with Crippen LogP contribution in [-0.2, 0) is 9.59 Å². The molecule has 1 aromatic carbocycles. The van der Waals surface area contributed by atoms with E-state index in [1.807, 2.05) is 25.1 Å². The van der Waals surface area contributed by atoms with Gasteiger partial charge in [-0.25, -0.2) is 0 Å². The Labute approximate surface area is 163 Å². The van der Waals surface area contributed by atoms with Gasteiger partial charge >= 0.3 is 5.97 Å². The van der Waals surface area contributed by atoms with E-state index < -0.39 is 5.97 Å². The maximum absolute atomic E-state index is 12.9. The Hall–Kier alpha value is -2.04. The number of aliphatic carboxylic acids is 1. The summed E-state index contributed by atoms with van der Waals surface area (Å²) in [5.74, 6) is -0.354. The van der Waals surface area contributed by atoms with Gasteiger partial charge in [-0.05, 0) is 48.8 Å². The molecule has 1 amide bonds. The van der Waals surface area contributed by atoms with Gasteiger partial charge in [-0.2, -0.15) is 0 Å². The number of carbonyl (C=O) groups is 2. The number of carboxylic acid groups (broad SMARTS) is 1. The number of hydrogen-bond donors (Lipinski definition) is 2. The van der Waals surface area contributed by atoms with Crippen molar-refractivity contribution in [2.24, 2.45) is 17.8 Å². The first-order valence-corrected chi connectivity index (χ1v) is 10.1. The number of nitrogen functional groups attached to an aromatic ring is 1. The highest BCUT2D eigenvalue weighted by Gasteiger charge is 2.29. The molecule has 3 atom stereocenters.